The number of hydrogen-bond donors (Lipinski definition) is 0. The van der Waals surface area contributed by atoms with Crippen LogP contribution in [-0.2, 0) is 25.7 Å². The van der Waals surface area contributed by atoms with Crippen molar-refractivity contribution in [1.29, 1.82) is 5.26 Å². The maximum absolute atomic E-state index is 13.3. The Bertz CT molecular complexity index is 1210. The Morgan fingerprint density at radius 1 is 1.00 bits per heavy atom. The van der Waals surface area contributed by atoms with Crippen molar-refractivity contribution < 1.29 is 23.9 Å². The molecule has 0 fully saturated rings. The smallest absolute Gasteiger partial charge is 0.375 e. The van der Waals surface area contributed by atoms with Crippen molar-refractivity contribution in [1.82, 2.24) is 4.90 Å². The van der Waals surface area contributed by atoms with Crippen LogP contribution in [0.1, 0.15) is 48.7 Å². The molecule has 0 unspecified atom stereocenters. The molecule has 0 atom stereocenters. The van der Waals surface area contributed by atoms with Crippen LogP contribution >= 0.6 is 23.2 Å². The van der Waals surface area contributed by atoms with E-state index in [-0.39, 0.29) is 34.3 Å². The van der Waals surface area contributed by atoms with Crippen molar-refractivity contribution in [3.8, 4) is 6.07 Å². The molecule has 0 heterocycles. The van der Waals surface area contributed by atoms with E-state index in [9.17, 15) is 24.4 Å². The maximum Gasteiger partial charge on any atom is 0.375 e. The highest BCUT2D eigenvalue weighted by molar-refractivity contribution is 6.42. The maximum atomic E-state index is 13.3. The zero-order valence-electron chi connectivity index (χ0n) is 20.0. The molecule has 10 heteroatoms. The minimum Gasteiger partial charge on any atom is -0.454 e. The number of halogens is 2. The lowest BCUT2D eigenvalue weighted by Gasteiger charge is -2.25. The van der Waals surface area contributed by atoms with Crippen LogP contribution in [0.4, 0.5) is 5.69 Å². The van der Waals surface area contributed by atoms with Gasteiger partial charge < -0.3 is 14.5 Å². The van der Waals surface area contributed by atoms with E-state index < -0.39 is 29.7 Å². The molecule has 2 amide bonds. The second-order valence-electron chi connectivity index (χ2n) is 8.91. The van der Waals surface area contributed by atoms with Crippen LogP contribution in [0.2, 0.25) is 10.0 Å². The summed E-state index contributed by atoms with van der Waals surface area (Å²) in [6.45, 7) is 4.75. The van der Waals surface area contributed by atoms with Crippen LogP contribution in [-0.4, -0.2) is 48.2 Å². The fourth-order valence-electron chi connectivity index (χ4n) is 3.00. The Hall–Kier alpha value is -3.41. The van der Waals surface area contributed by atoms with Gasteiger partial charge in [0.1, 0.15) is 5.60 Å². The third-order valence-corrected chi connectivity index (χ3v) is 5.31. The van der Waals surface area contributed by atoms with Gasteiger partial charge in [-0.3, -0.25) is 14.4 Å². The Morgan fingerprint density at radius 2 is 1.66 bits per heavy atom. The zero-order valence-corrected chi connectivity index (χ0v) is 21.5. The van der Waals surface area contributed by atoms with Gasteiger partial charge in [-0.25, -0.2) is 4.79 Å². The predicted molar refractivity (Wildman–Crippen MR) is 132 cm³/mol. The van der Waals surface area contributed by atoms with Gasteiger partial charge >= 0.3 is 5.97 Å². The molecule has 0 N–H and O–H groups in total. The number of ketones is 1. The molecule has 0 saturated heterocycles. The van der Waals surface area contributed by atoms with E-state index >= 15 is 0 Å². The first kappa shape index (κ1) is 27.8. The number of ether oxygens (including phenoxy) is 1. The number of amides is 2. The summed E-state index contributed by atoms with van der Waals surface area (Å²) in [7, 11) is 3.11. The SMILES string of the molecule is CN(C)C(=O)c1cc(C#N)cc(N(Cc2ccc(Cl)c(Cl)c2)C(=O)CC(=O)C(=O)OC(C)(C)C)c1. The number of carbonyl (C=O) groups excluding carboxylic acids is 4. The molecule has 0 bridgehead atoms. The Balaban J connectivity index is 2.50. The summed E-state index contributed by atoms with van der Waals surface area (Å²) in [5.74, 6) is -3.26. The molecule has 2 rings (SSSR count). The van der Waals surface area contributed by atoms with Gasteiger partial charge in [0.25, 0.3) is 5.91 Å². The molecule has 0 aromatic heterocycles. The first-order chi connectivity index (χ1) is 16.2. The Labute approximate surface area is 214 Å². The van der Waals surface area contributed by atoms with Crippen LogP contribution in [0.15, 0.2) is 36.4 Å². The summed E-state index contributed by atoms with van der Waals surface area (Å²) in [5.41, 5.74) is 0.174. The van der Waals surface area contributed by atoms with Crippen molar-refractivity contribution in [2.75, 3.05) is 19.0 Å². The van der Waals surface area contributed by atoms with Crippen molar-refractivity contribution in [3.05, 3.63) is 63.1 Å². The lowest BCUT2D eigenvalue weighted by Crippen LogP contribution is -2.36. The summed E-state index contributed by atoms with van der Waals surface area (Å²) in [6.07, 6.45) is -0.774. The molecule has 184 valence electrons. The van der Waals surface area contributed by atoms with Crippen LogP contribution < -0.4 is 4.90 Å². The fourth-order valence-corrected chi connectivity index (χ4v) is 3.32. The van der Waals surface area contributed by atoms with Gasteiger partial charge in [0, 0.05) is 25.3 Å². The lowest BCUT2D eigenvalue weighted by molar-refractivity contribution is -0.163. The number of hydrogen-bond acceptors (Lipinski definition) is 6. The lowest BCUT2D eigenvalue weighted by atomic mass is 10.1. The molecule has 0 saturated carbocycles. The number of esters is 1. The highest BCUT2D eigenvalue weighted by Gasteiger charge is 2.28. The van der Waals surface area contributed by atoms with Crippen molar-refractivity contribution in [2.45, 2.75) is 39.3 Å². The van der Waals surface area contributed by atoms with E-state index in [1.807, 2.05) is 6.07 Å². The first-order valence-corrected chi connectivity index (χ1v) is 11.2. The van der Waals surface area contributed by atoms with Crippen LogP contribution in [0, 0.1) is 11.3 Å². The molecule has 0 spiro atoms. The molecule has 0 aliphatic heterocycles. The summed E-state index contributed by atoms with van der Waals surface area (Å²) in [6, 6.07) is 11.0. The van der Waals surface area contributed by atoms with Gasteiger partial charge in [-0.05, 0) is 56.7 Å². The standard InChI is InChI=1S/C25H25Cl2N3O5/c1-25(2,3)35-24(34)21(31)12-22(32)30(14-15-6-7-19(26)20(27)10-15)18-9-16(13-28)8-17(11-18)23(33)29(4)5/h6-11H,12,14H2,1-5H3. The van der Waals surface area contributed by atoms with Crippen molar-refractivity contribution >= 4 is 52.5 Å². The molecular weight excluding hydrogens is 493 g/mol. The third-order valence-electron chi connectivity index (χ3n) is 4.58. The van der Waals surface area contributed by atoms with E-state index in [1.165, 1.54) is 28.0 Å². The van der Waals surface area contributed by atoms with Crippen LogP contribution in [0.5, 0.6) is 0 Å². The average molecular weight is 518 g/mol. The molecule has 0 aliphatic rings. The van der Waals surface area contributed by atoms with Crippen LogP contribution in [0.25, 0.3) is 0 Å². The van der Waals surface area contributed by atoms with E-state index in [0.717, 1.165) is 0 Å². The number of rotatable bonds is 7. The normalized spacial score (nSPS) is 10.8. The monoisotopic (exact) mass is 517 g/mol. The van der Waals surface area contributed by atoms with Gasteiger partial charge in [-0.15, -0.1) is 0 Å². The Kier molecular flexibility index (Phi) is 9.02. The summed E-state index contributed by atoms with van der Waals surface area (Å²) in [5, 5.41) is 10.1. The number of nitrogens with zero attached hydrogens (tertiary/aromatic N) is 3. The summed E-state index contributed by atoms with van der Waals surface area (Å²) >= 11 is 12.1. The molecule has 0 radical (unpaired) electrons. The van der Waals surface area contributed by atoms with Crippen molar-refractivity contribution in [3.63, 3.8) is 0 Å². The highest BCUT2D eigenvalue weighted by atomic mass is 35.5. The second kappa shape index (κ2) is 11.3. The zero-order chi connectivity index (χ0) is 26.5. The minimum absolute atomic E-state index is 0.0677. The quantitative estimate of drug-likeness (QED) is 0.306. The van der Waals surface area contributed by atoms with Crippen LogP contribution in [0.3, 0.4) is 0 Å². The first-order valence-electron chi connectivity index (χ1n) is 10.5. The van der Waals surface area contributed by atoms with E-state index in [4.69, 9.17) is 27.9 Å². The molecule has 2 aromatic rings. The number of anilines is 1. The topological polar surface area (TPSA) is 108 Å². The number of benzene rings is 2. The van der Waals surface area contributed by atoms with Gasteiger partial charge in [0.05, 0.1) is 34.6 Å². The van der Waals surface area contributed by atoms with Gasteiger partial charge in [0.2, 0.25) is 11.7 Å². The third kappa shape index (κ3) is 7.81. The molecule has 35 heavy (non-hydrogen) atoms. The number of carbonyl (C=O) groups is 4. The van der Waals surface area contributed by atoms with E-state index in [0.29, 0.717) is 10.6 Å². The average Bonchev–Trinajstić information content (AvgIpc) is 2.77. The summed E-state index contributed by atoms with van der Waals surface area (Å²) < 4.78 is 5.06. The van der Waals surface area contributed by atoms with E-state index in [1.54, 1.807) is 53.1 Å². The second-order valence-corrected chi connectivity index (χ2v) is 9.72. The fraction of sp³-hybridized carbons (Fsp3) is 0.320. The number of Topliss-reactive ketones (excluding diaryl/α,β-unsaturated/α-hetero) is 1. The summed E-state index contributed by atoms with van der Waals surface area (Å²) in [4.78, 5) is 52.9. The predicted octanol–water partition coefficient (Wildman–Crippen LogP) is 4.40. The Morgan fingerprint density at radius 3 is 2.20 bits per heavy atom. The largest absolute Gasteiger partial charge is 0.454 e. The van der Waals surface area contributed by atoms with Gasteiger partial charge in [-0.2, -0.15) is 5.26 Å². The number of nitriles is 1. The molecular formula is C25H25Cl2N3O5. The molecule has 2 aromatic carbocycles. The van der Waals surface area contributed by atoms with Crippen molar-refractivity contribution in [2.24, 2.45) is 0 Å². The highest BCUT2D eigenvalue weighted by Crippen LogP contribution is 2.27. The van der Waals surface area contributed by atoms with Gasteiger partial charge in [-0.1, -0.05) is 29.3 Å². The molecule has 8 nitrogen and oxygen atoms in total. The minimum atomic E-state index is -1.13. The van der Waals surface area contributed by atoms with E-state index in [2.05, 4.69) is 0 Å². The van der Waals surface area contributed by atoms with Gasteiger partial charge in [0.15, 0.2) is 0 Å². The molecule has 0 aliphatic carbocycles.